The van der Waals surface area contributed by atoms with Gasteiger partial charge < -0.3 is 4.74 Å². The molecule has 0 aromatic heterocycles. The van der Waals surface area contributed by atoms with Crippen molar-refractivity contribution in [3.8, 4) is 11.8 Å². The number of rotatable bonds is 2. The van der Waals surface area contributed by atoms with Gasteiger partial charge in [0.15, 0.2) is 0 Å². The molecule has 0 aliphatic heterocycles. The quantitative estimate of drug-likeness (QED) is 0.649. The van der Waals surface area contributed by atoms with Crippen LogP contribution in [0.25, 0.3) is 6.08 Å². The van der Waals surface area contributed by atoms with E-state index in [4.69, 9.17) is 10.00 Å². The van der Waals surface area contributed by atoms with E-state index in [1.807, 2.05) is 6.07 Å². The highest BCUT2D eigenvalue weighted by molar-refractivity contribution is 5.58. The molecule has 13 heavy (non-hydrogen) atoms. The van der Waals surface area contributed by atoms with Crippen LogP contribution in [0.1, 0.15) is 5.56 Å². The molecule has 0 N–H and O–H groups in total. The maximum absolute atomic E-state index is 12.7. The first-order valence-electron chi connectivity index (χ1n) is 3.67. The summed E-state index contributed by atoms with van der Waals surface area (Å²) < 4.78 is 17.7. The van der Waals surface area contributed by atoms with E-state index in [2.05, 4.69) is 0 Å². The molecule has 0 atom stereocenters. The van der Waals surface area contributed by atoms with Gasteiger partial charge in [-0.2, -0.15) is 5.26 Å². The molecule has 0 aliphatic carbocycles. The maximum Gasteiger partial charge on any atom is 0.126 e. The van der Waals surface area contributed by atoms with Gasteiger partial charge in [-0.1, -0.05) is 0 Å². The van der Waals surface area contributed by atoms with Gasteiger partial charge in [0.05, 0.1) is 13.2 Å². The molecular weight excluding hydrogens is 169 g/mol. The van der Waals surface area contributed by atoms with E-state index >= 15 is 0 Å². The molecule has 0 spiro atoms. The zero-order chi connectivity index (χ0) is 9.68. The first kappa shape index (κ1) is 9.27. The molecule has 0 fully saturated rings. The van der Waals surface area contributed by atoms with Crippen LogP contribution in [0.2, 0.25) is 0 Å². The Kier molecular flexibility index (Phi) is 3.04. The summed E-state index contributed by atoms with van der Waals surface area (Å²) in [6.45, 7) is 0. The van der Waals surface area contributed by atoms with Crippen LogP contribution in [-0.4, -0.2) is 7.11 Å². The first-order chi connectivity index (χ1) is 6.27. The molecule has 0 heterocycles. The highest BCUT2D eigenvalue weighted by Gasteiger charge is 2.00. The summed E-state index contributed by atoms with van der Waals surface area (Å²) >= 11 is 0. The van der Waals surface area contributed by atoms with Crippen LogP contribution in [-0.2, 0) is 0 Å². The summed E-state index contributed by atoms with van der Waals surface area (Å²) in [5, 5.41) is 8.29. The second-order valence-corrected chi connectivity index (χ2v) is 2.35. The number of methoxy groups -OCH3 is 1. The fourth-order valence-corrected chi connectivity index (χ4v) is 0.963. The van der Waals surface area contributed by atoms with Crippen molar-refractivity contribution in [2.24, 2.45) is 0 Å². The summed E-state index contributed by atoms with van der Waals surface area (Å²) in [6, 6.07) is 5.97. The predicted octanol–water partition coefficient (Wildman–Crippen LogP) is 2.37. The van der Waals surface area contributed by atoms with Gasteiger partial charge >= 0.3 is 0 Å². The molecule has 0 saturated carbocycles. The van der Waals surface area contributed by atoms with Crippen LogP contribution in [0.15, 0.2) is 24.3 Å². The van der Waals surface area contributed by atoms with Gasteiger partial charge in [0.25, 0.3) is 0 Å². The molecule has 0 amide bonds. The van der Waals surface area contributed by atoms with Gasteiger partial charge in [-0.15, -0.1) is 0 Å². The minimum atomic E-state index is -0.349. The van der Waals surface area contributed by atoms with Crippen molar-refractivity contribution < 1.29 is 9.13 Å². The number of nitriles is 1. The summed E-state index contributed by atoms with van der Waals surface area (Å²) in [5.74, 6) is 0.200. The molecule has 1 aromatic rings. The Hall–Kier alpha value is -1.82. The van der Waals surface area contributed by atoms with Crippen molar-refractivity contribution in [2.45, 2.75) is 0 Å². The van der Waals surface area contributed by atoms with Crippen molar-refractivity contribution in [3.05, 3.63) is 35.7 Å². The van der Waals surface area contributed by atoms with Gasteiger partial charge in [-0.25, -0.2) is 4.39 Å². The van der Waals surface area contributed by atoms with E-state index < -0.39 is 0 Å². The number of nitrogens with zero attached hydrogens (tertiary/aromatic N) is 1. The number of hydrogen-bond acceptors (Lipinski definition) is 2. The minimum Gasteiger partial charge on any atom is -0.496 e. The highest BCUT2D eigenvalue weighted by Crippen LogP contribution is 2.20. The molecule has 0 radical (unpaired) electrons. The summed E-state index contributed by atoms with van der Waals surface area (Å²) in [7, 11) is 1.50. The SMILES string of the molecule is COc1ccc(F)cc1C=CC#N. The summed E-state index contributed by atoms with van der Waals surface area (Å²) in [5.41, 5.74) is 0.559. The Bertz CT molecular complexity index is 366. The van der Waals surface area contributed by atoms with E-state index in [1.165, 1.54) is 37.5 Å². The topological polar surface area (TPSA) is 33.0 Å². The third-order valence-corrected chi connectivity index (χ3v) is 1.53. The van der Waals surface area contributed by atoms with E-state index in [0.29, 0.717) is 11.3 Å². The van der Waals surface area contributed by atoms with Crippen molar-refractivity contribution in [2.75, 3.05) is 7.11 Å². The lowest BCUT2D eigenvalue weighted by Gasteiger charge is -2.03. The predicted molar refractivity (Wildman–Crippen MR) is 47.6 cm³/mol. The minimum absolute atomic E-state index is 0.349. The second kappa shape index (κ2) is 4.27. The van der Waals surface area contributed by atoms with Crippen LogP contribution in [0.5, 0.6) is 5.75 Å². The monoisotopic (exact) mass is 177 g/mol. The van der Waals surface area contributed by atoms with Gasteiger partial charge in [0, 0.05) is 11.6 Å². The lowest BCUT2D eigenvalue weighted by atomic mass is 10.2. The third kappa shape index (κ3) is 2.31. The first-order valence-corrected chi connectivity index (χ1v) is 3.67. The highest BCUT2D eigenvalue weighted by atomic mass is 19.1. The Balaban J connectivity index is 3.10. The van der Waals surface area contributed by atoms with Crippen molar-refractivity contribution in [3.63, 3.8) is 0 Å². The molecule has 0 aliphatic rings. The molecule has 0 bridgehead atoms. The molecule has 1 rings (SSSR count). The van der Waals surface area contributed by atoms with E-state index in [0.717, 1.165) is 0 Å². The molecule has 3 heteroatoms. The molecule has 1 aromatic carbocycles. The molecule has 2 nitrogen and oxygen atoms in total. The Morgan fingerprint density at radius 1 is 1.54 bits per heavy atom. The smallest absolute Gasteiger partial charge is 0.126 e. The van der Waals surface area contributed by atoms with E-state index in [-0.39, 0.29) is 5.82 Å². The van der Waals surface area contributed by atoms with Gasteiger partial charge in [0.2, 0.25) is 0 Å². The fraction of sp³-hybridized carbons (Fsp3) is 0.100. The average Bonchev–Trinajstić information content (AvgIpc) is 2.15. The standard InChI is InChI=1S/C10H8FNO/c1-13-10-5-4-9(11)7-8(10)3-2-6-12/h2-5,7H,1H3. The zero-order valence-electron chi connectivity index (χ0n) is 7.12. The molecule has 0 unspecified atom stereocenters. The van der Waals surface area contributed by atoms with Gasteiger partial charge in [-0.3, -0.25) is 0 Å². The Morgan fingerprint density at radius 2 is 2.31 bits per heavy atom. The van der Waals surface area contributed by atoms with Crippen LogP contribution >= 0.6 is 0 Å². The van der Waals surface area contributed by atoms with Crippen LogP contribution < -0.4 is 4.74 Å². The maximum atomic E-state index is 12.7. The molecular formula is C10H8FNO. The Labute approximate surface area is 75.9 Å². The van der Waals surface area contributed by atoms with Crippen molar-refractivity contribution in [1.29, 1.82) is 5.26 Å². The lowest BCUT2D eigenvalue weighted by Crippen LogP contribution is -1.87. The van der Waals surface area contributed by atoms with Crippen LogP contribution in [0, 0.1) is 17.1 Å². The normalized spacial score (nSPS) is 9.92. The van der Waals surface area contributed by atoms with Gasteiger partial charge in [0.1, 0.15) is 11.6 Å². The second-order valence-electron chi connectivity index (χ2n) is 2.35. The van der Waals surface area contributed by atoms with Crippen molar-refractivity contribution in [1.82, 2.24) is 0 Å². The number of benzene rings is 1. The number of hydrogen-bond donors (Lipinski definition) is 0. The largest absolute Gasteiger partial charge is 0.496 e. The van der Waals surface area contributed by atoms with E-state index in [1.54, 1.807) is 0 Å². The van der Waals surface area contributed by atoms with Crippen molar-refractivity contribution >= 4 is 6.08 Å². The third-order valence-electron chi connectivity index (χ3n) is 1.53. The number of allylic oxidation sites excluding steroid dienone is 1. The molecule has 66 valence electrons. The fourth-order valence-electron chi connectivity index (χ4n) is 0.963. The molecule has 0 saturated heterocycles. The van der Waals surface area contributed by atoms with Crippen LogP contribution in [0.3, 0.4) is 0 Å². The van der Waals surface area contributed by atoms with E-state index in [9.17, 15) is 4.39 Å². The zero-order valence-corrected chi connectivity index (χ0v) is 7.12. The average molecular weight is 177 g/mol. The number of halogens is 1. The lowest BCUT2D eigenvalue weighted by molar-refractivity contribution is 0.412. The summed E-state index contributed by atoms with van der Waals surface area (Å²) in [4.78, 5) is 0. The number of ether oxygens (including phenoxy) is 1. The van der Waals surface area contributed by atoms with Gasteiger partial charge in [-0.05, 0) is 24.3 Å². The Morgan fingerprint density at radius 3 is 2.92 bits per heavy atom. The summed E-state index contributed by atoms with van der Waals surface area (Å²) in [6.07, 6.45) is 2.78. The van der Waals surface area contributed by atoms with Crippen LogP contribution in [0.4, 0.5) is 4.39 Å².